The molecule has 104 valence electrons. The fourth-order valence-corrected chi connectivity index (χ4v) is 1.72. The third-order valence-electron chi connectivity index (χ3n) is 2.85. The van der Waals surface area contributed by atoms with Crippen molar-refractivity contribution < 1.29 is 9.59 Å². The largest absolute Gasteiger partial charge is 0.348 e. The third kappa shape index (κ3) is 5.09. The maximum atomic E-state index is 11.7. The summed E-state index contributed by atoms with van der Waals surface area (Å²) in [5.41, 5.74) is 7.39. The summed E-state index contributed by atoms with van der Waals surface area (Å²) in [4.78, 5) is 22.7. The highest BCUT2D eigenvalue weighted by Gasteiger charge is 2.12. The second kappa shape index (κ2) is 7.53. The summed E-state index contributed by atoms with van der Waals surface area (Å²) in [5, 5.41) is 5.33. The van der Waals surface area contributed by atoms with Gasteiger partial charge in [-0.2, -0.15) is 0 Å². The molecule has 0 aliphatic carbocycles. The summed E-state index contributed by atoms with van der Waals surface area (Å²) in [6, 6.07) is 7.99. The van der Waals surface area contributed by atoms with Crippen LogP contribution in [0.2, 0.25) is 0 Å². The van der Waals surface area contributed by atoms with Crippen LogP contribution in [0.4, 0.5) is 0 Å². The van der Waals surface area contributed by atoms with Gasteiger partial charge in [0.25, 0.3) is 0 Å². The number of amides is 2. The number of benzene rings is 1. The maximum Gasteiger partial charge on any atom is 0.239 e. The number of aryl methyl sites for hydroxylation is 1. The van der Waals surface area contributed by atoms with Crippen molar-refractivity contribution in [3.05, 3.63) is 35.4 Å². The van der Waals surface area contributed by atoms with E-state index < -0.39 is 0 Å². The monoisotopic (exact) mass is 263 g/mol. The minimum absolute atomic E-state index is 0.0390. The van der Waals surface area contributed by atoms with Crippen LogP contribution in [-0.4, -0.2) is 24.9 Å². The highest BCUT2D eigenvalue weighted by Crippen LogP contribution is 2.16. The number of hydrogen-bond donors (Lipinski definition) is 3. The molecule has 2 amide bonds. The van der Waals surface area contributed by atoms with Gasteiger partial charge in [-0.15, -0.1) is 0 Å². The van der Waals surface area contributed by atoms with E-state index in [2.05, 4.69) is 10.6 Å². The summed E-state index contributed by atoms with van der Waals surface area (Å²) in [7, 11) is 0. The van der Waals surface area contributed by atoms with Crippen molar-refractivity contribution in [1.82, 2.24) is 10.6 Å². The molecule has 1 aromatic rings. The summed E-state index contributed by atoms with van der Waals surface area (Å²) in [6.07, 6.45) is 0.791. The van der Waals surface area contributed by atoms with Gasteiger partial charge < -0.3 is 16.4 Å². The highest BCUT2D eigenvalue weighted by molar-refractivity contribution is 5.85. The van der Waals surface area contributed by atoms with Gasteiger partial charge in [0, 0.05) is 0 Å². The van der Waals surface area contributed by atoms with E-state index >= 15 is 0 Å². The predicted octanol–water partition coefficient (Wildman–Crippen LogP) is 0.637. The Morgan fingerprint density at radius 1 is 1.21 bits per heavy atom. The topological polar surface area (TPSA) is 84.2 Å². The lowest BCUT2D eigenvalue weighted by Crippen LogP contribution is -2.40. The molecule has 1 atom stereocenters. The molecule has 1 unspecified atom stereocenters. The Morgan fingerprint density at radius 2 is 1.84 bits per heavy atom. The van der Waals surface area contributed by atoms with Gasteiger partial charge in [0.15, 0.2) is 0 Å². The SMILES string of the molecule is CCC(NC(=O)CNC(=O)CN)c1ccc(C)cc1. The molecule has 19 heavy (non-hydrogen) atoms. The fraction of sp³-hybridized carbons (Fsp3) is 0.429. The summed E-state index contributed by atoms with van der Waals surface area (Å²) >= 11 is 0. The van der Waals surface area contributed by atoms with Crippen molar-refractivity contribution in [2.24, 2.45) is 5.73 Å². The normalized spacial score (nSPS) is 11.7. The molecular formula is C14H21N3O2. The van der Waals surface area contributed by atoms with Crippen molar-refractivity contribution in [2.45, 2.75) is 26.3 Å². The molecule has 0 aliphatic heterocycles. The van der Waals surface area contributed by atoms with E-state index in [1.807, 2.05) is 38.1 Å². The number of nitrogens with two attached hydrogens (primary N) is 1. The van der Waals surface area contributed by atoms with Crippen LogP contribution < -0.4 is 16.4 Å². The van der Waals surface area contributed by atoms with E-state index in [4.69, 9.17) is 5.73 Å². The minimum Gasteiger partial charge on any atom is -0.348 e. The first-order valence-corrected chi connectivity index (χ1v) is 6.39. The van der Waals surface area contributed by atoms with Gasteiger partial charge in [-0.3, -0.25) is 9.59 Å². The van der Waals surface area contributed by atoms with Crippen LogP contribution in [0.15, 0.2) is 24.3 Å². The number of carbonyl (C=O) groups excluding carboxylic acids is 2. The van der Waals surface area contributed by atoms with Gasteiger partial charge in [-0.1, -0.05) is 36.8 Å². The summed E-state index contributed by atoms with van der Waals surface area (Å²) in [5.74, 6) is -0.548. The van der Waals surface area contributed by atoms with E-state index in [0.717, 1.165) is 12.0 Å². The Bertz CT molecular complexity index is 429. The molecule has 4 N–H and O–H groups in total. The van der Waals surface area contributed by atoms with Gasteiger partial charge >= 0.3 is 0 Å². The van der Waals surface area contributed by atoms with Crippen molar-refractivity contribution >= 4 is 11.8 Å². The predicted molar refractivity (Wildman–Crippen MR) is 74.4 cm³/mol. The summed E-state index contributed by atoms with van der Waals surface area (Å²) in [6.45, 7) is 3.87. The molecular weight excluding hydrogens is 242 g/mol. The van der Waals surface area contributed by atoms with Crippen molar-refractivity contribution in [3.63, 3.8) is 0 Å². The highest BCUT2D eigenvalue weighted by atomic mass is 16.2. The number of hydrogen-bond acceptors (Lipinski definition) is 3. The van der Waals surface area contributed by atoms with E-state index in [1.54, 1.807) is 0 Å². The Labute approximate surface area is 113 Å². The van der Waals surface area contributed by atoms with Crippen LogP contribution in [0.25, 0.3) is 0 Å². The molecule has 5 nitrogen and oxygen atoms in total. The molecule has 0 spiro atoms. The lowest BCUT2D eigenvalue weighted by Gasteiger charge is -2.18. The standard InChI is InChI=1S/C14H21N3O2/c1-3-12(11-6-4-10(2)5-7-11)17-14(19)9-16-13(18)8-15/h4-7,12H,3,8-9,15H2,1-2H3,(H,16,18)(H,17,19). The maximum absolute atomic E-state index is 11.7. The van der Waals surface area contributed by atoms with E-state index in [9.17, 15) is 9.59 Å². The molecule has 0 saturated heterocycles. The van der Waals surface area contributed by atoms with Crippen LogP contribution in [0.5, 0.6) is 0 Å². The fourth-order valence-electron chi connectivity index (χ4n) is 1.72. The zero-order valence-corrected chi connectivity index (χ0v) is 11.4. The smallest absolute Gasteiger partial charge is 0.239 e. The first kappa shape index (κ1) is 15.2. The average molecular weight is 263 g/mol. The molecule has 0 aromatic heterocycles. The van der Waals surface area contributed by atoms with E-state index in [-0.39, 0.29) is 30.9 Å². The Morgan fingerprint density at radius 3 is 2.37 bits per heavy atom. The van der Waals surface area contributed by atoms with Crippen LogP contribution in [-0.2, 0) is 9.59 Å². The van der Waals surface area contributed by atoms with Gasteiger partial charge in [-0.25, -0.2) is 0 Å². The molecule has 0 fully saturated rings. The quantitative estimate of drug-likeness (QED) is 0.704. The molecule has 0 aliphatic rings. The minimum atomic E-state index is -0.335. The average Bonchev–Trinajstić information content (AvgIpc) is 2.43. The molecule has 0 heterocycles. The zero-order valence-electron chi connectivity index (χ0n) is 11.4. The number of carbonyl (C=O) groups is 2. The van der Waals surface area contributed by atoms with E-state index in [0.29, 0.717) is 0 Å². The molecule has 0 saturated carbocycles. The second-order valence-electron chi connectivity index (χ2n) is 4.42. The van der Waals surface area contributed by atoms with Gasteiger partial charge in [0.2, 0.25) is 11.8 Å². The lowest BCUT2D eigenvalue weighted by molar-refractivity contribution is -0.125. The molecule has 1 aromatic carbocycles. The number of rotatable bonds is 6. The lowest BCUT2D eigenvalue weighted by atomic mass is 10.0. The van der Waals surface area contributed by atoms with Crippen molar-refractivity contribution in [3.8, 4) is 0 Å². The summed E-state index contributed by atoms with van der Waals surface area (Å²) < 4.78 is 0. The Hall–Kier alpha value is -1.88. The van der Waals surface area contributed by atoms with Gasteiger partial charge in [-0.05, 0) is 18.9 Å². The number of nitrogens with one attached hydrogen (secondary N) is 2. The third-order valence-corrected chi connectivity index (χ3v) is 2.85. The van der Waals surface area contributed by atoms with Gasteiger partial charge in [0.05, 0.1) is 19.1 Å². The molecule has 0 radical (unpaired) electrons. The Balaban J connectivity index is 2.54. The second-order valence-corrected chi connectivity index (χ2v) is 4.42. The molecule has 1 rings (SSSR count). The molecule has 0 bridgehead atoms. The van der Waals surface area contributed by atoms with Crippen LogP contribution in [0.1, 0.15) is 30.5 Å². The van der Waals surface area contributed by atoms with Crippen LogP contribution >= 0.6 is 0 Å². The van der Waals surface area contributed by atoms with Crippen molar-refractivity contribution in [2.75, 3.05) is 13.1 Å². The van der Waals surface area contributed by atoms with Crippen molar-refractivity contribution in [1.29, 1.82) is 0 Å². The van der Waals surface area contributed by atoms with Crippen LogP contribution in [0, 0.1) is 6.92 Å². The zero-order chi connectivity index (χ0) is 14.3. The van der Waals surface area contributed by atoms with Gasteiger partial charge in [0.1, 0.15) is 0 Å². The molecule has 5 heteroatoms. The van der Waals surface area contributed by atoms with E-state index in [1.165, 1.54) is 5.56 Å². The first-order valence-electron chi connectivity index (χ1n) is 6.39. The van der Waals surface area contributed by atoms with Crippen LogP contribution in [0.3, 0.4) is 0 Å². The Kier molecular flexibility index (Phi) is 6.02. The first-order chi connectivity index (χ1) is 9.06.